The molecule has 3 rings (SSSR count). The van der Waals surface area contributed by atoms with E-state index < -0.39 is 0 Å². The van der Waals surface area contributed by atoms with Crippen LogP contribution in [-0.2, 0) is 0 Å². The minimum atomic E-state index is -0.190. The lowest BCUT2D eigenvalue weighted by Crippen LogP contribution is -2.06. The Balaban J connectivity index is 2.05. The first-order valence-corrected chi connectivity index (χ1v) is 6.88. The van der Waals surface area contributed by atoms with E-state index in [0.717, 1.165) is 18.0 Å². The predicted octanol–water partition coefficient (Wildman–Crippen LogP) is 1.40. The summed E-state index contributed by atoms with van der Waals surface area (Å²) in [6, 6.07) is 1.37. The third-order valence-corrected chi connectivity index (χ3v) is 3.41. The molecule has 0 saturated carbocycles. The van der Waals surface area contributed by atoms with Crippen molar-refractivity contribution in [2.24, 2.45) is 0 Å². The van der Waals surface area contributed by atoms with Crippen LogP contribution in [0.3, 0.4) is 0 Å². The van der Waals surface area contributed by atoms with Crippen LogP contribution in [-0.4, -0.2) is 30.9 Å². The zero-order valence-corrected chi connectivity index (χ0v) is 11.5. The van der Waals surface area contributed by atoms with Crippen molar-refractivity contribution in [1.29, 1.82) is 0 Å². The van der Waals surface area contributed by atoms with Gasteiger partial charge in [0.1, 0.15) is 10.8 Å². The van der Waals surface area contributed by atoms with Crippen LogP contribution in [0.4, 0.5) is 5.82 Å². The Labute approximate surface area is 118 Å². The maximum atomic E-state index is 11.3. The summed E-state index contributed by atoms with van der Waals surface area (Å²) in [6.07, 6.45) is 6.90. The minimum Gasteiger partial charge on any atom is -0.369 e. The summed E-state index contributed by atoms with van der Waals surface area (Å²) in [5.74, 6) is 0.749. The Bertz CT molecular complexity index is 796. The molecule has 0 amide bonds. The molecule has 0 unspecified atom stereocenters. The molecule has 0 aliphatic carbocycles. The van der Waals surface area contributed by atoms with Gasteiger partial charge in [-0.25, -0.2) is 15.0 Å². The second kappa shape index (κ2) is 5.33. The van der Waals surface area contributed by atoms with Gasteiger partial charge in [-0.2, -0.15) is 0 Å². The summed E-state index contributed by atoms with van der Waals surface area (Å²) in [5.41, 5.74) is 0.535. The third-order valence-electron chi connectivity index (χ3n) is 2.54. The molecule has 0 radical (unpaired) electrons. The normalized spacial score (nSPS) is 10.8. The highest BCUT2D eigenvalue weighted by atomic mass is 32.2. The summed E-state index contributed by atoms with van der Waals surface area (Å²) in [6.45, 7) is 2.78. The number of H-pyrrole nitrogens is 1. The molecular formula is C12H12N6OS. The van der Waals surface area contributed by atoms with E-state index >= 15 is 0 Å². The van der Waals surface area contributed by atoms with Crippen molar-refractivity contribution in [3.05, 3.63) is 41.2 Å². The zero-order valence-electron chi connectivity index (χ0n) is 10.7. The van der Waals surface area contributed by atoms with Crippen LogP contribution in [0.1, 0.15) is 6.92 Å². The Morgan fingerprint density at radius 2 is 2.30 bits per heavy atom. The maximum Gasteiger partial charge on any atom is 0.251 e. The van der Waals surface area contributed by atoms with E-state index in [2.05, 4.69) is 25.3 Å². The molecule has 0 aliphatic heterocycles. The largest absolute Gasteiger partial charge is 0.369 e. The van der Waals surface area contributed by atoms with E-state index in [0.29, 0.717) is 10.2 Å². The van der Waals surface area contributed by atoms with Gasteiger partial charge < -0.3 is 14.7 Å². The lowest BCUT2D eigenvalue weighted by Gasteiger charge is -2.07. The Kier molecular flexibility index (Phi) is 3.38. The Hall–Kier alpha value is -2.35. The number of hydrogen-bond donors (Lipinski definition) is 2. The smallest absolute Gasteiger partial charge is 0.251 e. The lowest BCUT2D eigenvalue weighted by atomic mass is 10.6. The SMILES string of the molecule is CCNc1cn2ccnc2c(Sc2nccc(=O)[nH]2)n1. The van der Waals surface area contributed by atoms with Gasteiger partial charge in [-0.1, -0.05) is 0 Å². The van der Waals surface area contributed by atoms with Crippen LogP contribution in [0.15, 0.2) is 45.8 Å². The highest BCUT2D eigenvalue weighted by Gasteiger charge is 2.10. The molecule has 2 N–H and O–H groups in total. The first-order chi connectivity index (χ1) is 9.76. The monoisotopic (exact) mass is 288 g/mol. The van der Waals surface area contributed by atoms with Gasteiger partial charge in [0.15, 0.2) is 10.8 Å². The van der Waals surface area contributed by atoms with Gasteiger partial charge in [0.25, 0.3) is 5.56 Å². The molecule has 7 nitrogen and oxygen atoms in total. The van der Waals surface area contributed by atoms with Gasteiger partial charge in [0, 0.05) is 31.2 Å². The average Bonchev–Trinajstić information content (AvgIpc) is 2.87. The first kappa shape index (κ1) is 12.7. The number of imidazole rings is 1. The van der Waals surface area contributed by atoms with E-state index in [4.69, 9.17) is 0 Å². The quantitative estimate of drug-likeness (QED) is 0.705. The fraction of sp³-hybridized carbons (Fsp3) is 0.167. The molecular weight excluding hydrogens is 276 g/mol. The highest BCUT2D eigenvalue weighted by molar-refractivity contribution is 7.99. The van der Waals surface area contributed by atoms with Gasteiger partial charge in [-0.15, -0.1) is 0 Å². The molecule has 3 aromatic heterocycles. The second-order valence-corrected chi connectivity index (χ2v) is 4.94. The minimum absolute atomic E-state index is 0.190. The molecule has 3 aromatic rings. The van der Waals surface area contributed by atoms with Gasteiger partial charge in [0.05, 0.1) is 6.20 Å². The summed E-state index contributed by atoms with van der Waals surface area (Å²) in [5, 5.41) is 4.33. The van der Waals surface area contributed by atoms with Gasteiger partial charge in [0.2, 0.25) is 0 Å². The zero-order chi connectivity index (χ0) is 13.9. The number of aromatic nitrogens is 5. The van der Waals surface area contributed by atoms with E-state index in [1.165, 1.54) is 24.0 Å². The molecule has 0 fully saturated rings. The molecule has 0 bridgehead atoms. The molecule has 102 valence electrons. The Morgan fingerprint density at radius 3 is 3.10 bits per heavy atom. The molecule has 3 heterocycles. The van der Waals surface area contributed by atoms with Crippen molar-refractivity contribution in [3.8, 4) is 0 Å². The standard InChI is InChI=1S/C12H12N6OS/c1-2-13-8-7-18-6-5-14-10(18)11(16-8)20-12-15-4-3-9(19)17-12/h3-7,13H,2H2,1H3,(H,15,17,19). The number of nitrogens with zero attached hydrogens (tertiary/aromatic N) is 4. The Morgan fingerprint density at radius 1 is 1.40 bits per heavy atom. The molecule has 0 atom stereocenters. The van der Waals surface area contributed by atoms with Gasteiger partial charge in [-0.3, -0.25) is 4.79 Å². The molecule has 8 heteroatoms. The molecule has 0 aliphatic rings. The molecule has 0 aromatic carbocycles. The number of aromatic amines is 1. The van der Waals surface area contributed by atoms with Crippen molar-refractivity contribution in [2.45, 2.75) is 17.1 Å². The highest BCUT2D eigenvalue weighted by Crippen LogP contribution is 2.26. The van der Waals surface area contributed by atoms with Crippen LogP contribution in [0, 0.1) is 0 Å². The van der Waals surface area contributed by atoms with Crippen molar-refractivity contribution in [2.75, 3.05) is 11.9 Å². The van der Waals surface area contributed by atoms with Crippen molar-refractivity contribution >= 4 is 23.2 Å². The average molecular weight is 288 g/mol. The topological polar surface area (TPSA) is 88.0 Å². The fourth-order valence-corrected chi connectivity index (χ4v) is 2.57. The number of nitrogens with one attached hydrogen (secondary N) is 2. The third kappa shape index (κ3) is 2.50. The van der Waals surface area contributed by atoms with Crippen molar-refractivity contribution < 1.29 is 0 Å². The second-order valence-electron chi connectivity index (χ2n) is 3.96. The first-order valence-electron chi connectivity index (χ1n) is 6.07. The number of anilines is 1. The number of rotatable bonds is 4. The summed E-state index contributed by atoms with van der Waals surface area (Å²) in [7, 11) is 0. The van der Waals surface area contributed by atoms with Crippen LogP contribution in [0.5, 0.6) is 0 Å². The number of hydrogen-bond acceptors (Lipinski definition) is 6. The number of fused-ring (bicyclic) bond motifs is 1. The molecule has 0 saturated heterocycles. The van der Waals surface area contributed by atoms with E-state index in [1.807, 2.05) is 23.7 Å². The summed E-state index contributed by atoms with van der Waals surface area (Å²) < 4.78 is 1.88. The van der Waals surface area contributed by atoms with Gasteiger partial charge >= 0.3 is 0 Å². The van der Waals surface area contributed by atoms with Crippen LogP contribution < -0.4 is 10.9 Å². The summed E-state index contributed by atoms with van der Waals surface area (Å²) >= 11 is 1.27. The van der Waals surface area contributed by atoms with E-state index in [-0.39, 0.29) is 5.56 Å². The van der Waals surface area contributed by atoms with Crippen molar-refractivity contribution in [1.82, 2.24) is 24.3 Å². The predicted molar refractivity (Wildman–Crippen MR) is 76.1 cm³/mol. The van der Waals surface area contributed by atoms with E-state index in [1.54, 1.807) is 6.20 Å². The van der Waals surface area contributed by atoms with E-state index in [9.17, 15) is 4.79 Å². The van der Waals surface area contributed by atoms with Crippen LogP contribution in [0.25, 0.3) is 5.65 Å². The van der Waals surface area contributed by atoms with Gasteiger partial charge in [-0.05, 0) is 18.7 Å². The van der Waals surface area contributed by atoms with Crippen LogP contribution in [0.2, 0.25) is 0 Å². The molecule has 0 spiro atoms. The lowest BCUT2D eigenvalue weighted by molar-refractivity contribution is 0.928. The summed E-state index contributed by atoms with van der Waals surface area (Å²) in [4.78, 5) is 26.8. The molecule has 20 heavy (non-hydrogen) atoms. The van der Waals surface area contributed by atoms with Crippen molar-refractivity contribution in [3.63, 3.8) is 0 Å². The van der Waals surface area contributed by atoms with Crippen LogP contribution >= 0.6 is 11.8 Å². The fourth-order valence-electron chi connectivity index (χ4n) is 1.73. The maximum absolute atomic E-state index is 11.3.